The Bertz CT molecular complexity index is 1080. The molecule has 1 heterocycles. The molecule has 9 heteroatoms. The Hall–Kier alpha value is -2.12. The van der Waals surface area contributed by atoms with Crippen molar-refractivity contribution in [2.45, 2.75) is 4.90 Å². The molecule has 0 aliphatic heterocycles. The normalized spacial score (nSPS) is 11.7. The zero-order valence-electron chi connectivity index (χ0n) is 14.4. The van der Waals surface area contributed by atoms with Gasteiger partial charge in [0.1, 0.15) is 22.4 Å². The number of ether oxygens (including phenoxy) is 1. The average molecular weight is 456 g/mol. The van der Waals surface area contributed by atoms with Crippen LogP contribution in [0.15, 0.2) is 59.6 Å². The lowest BCUT2D eigenvalue weighted by Crippen LogP contribution is -2.13. The number of para-hydroxylation sites is 1. The van der Waals surface area contributed by atoms with Gasteiger partial charge in [0.15, 0.2) is 0 Å². The molecule has 0 amide bonds. The molecule has 0 saturated heterocycles. The number of carbonyl (C=O) groups is 1. The summed E-state index contributed by atoms with van der Waals surface area (Å²) >= 11 is 17.9. The lowest BCUT2D eigenvalue weighted by molar-refractivity contribution is 0.103. The van der Waals surface area contributed by atoms with Crippen LogP contribution in [0.5, 0.6) is 5.75 Å². The second-order valence-corrected chi connectivity index (χ2v) is 7.99. The highest BCUT2D eigenvalue weighted by Crippen LogP contribution is 2.28. The third kappa shape index (κ3) is 4.47. The Balaban J connectivity index is 1.98. The van der Waals surface area contributed by atoms with Crippen LogP contribution in [0, 0.1) is 0 Å². The molecule has 1 unspecified atom stereocenters. The maximum Gasteiger partial charge on any atom is 0.217 e. The Kier molecular flexibility index (Phi) is 6.57. The summed E-state index contributed by atoms with van der Waals surface area (Å²) in [6.07, 6.45) is 1.34. The number of rotatable bonds is 6. The number of nitrogens with one attached hydrogen (secondary N) is 1. The van der Waals surface area contributed by atoms with E-state index in [1.165, 1.54) is 31.5 Å². The number of ketones is 1. The van der Waals surface area contributed by atoms with Gasteiger partial charge in [-0.05, 0) is 36.4 Å². The van der Waals surface area contributed by atoms with Gasteiger partial charge in [-0.3, -0.25) is 9.52 Å². The highest BCUT2D eigenvalue weighted by molar-refractivity contribution is 7.86. The SMILES string of the molecule is COc1ccccc1C(=O)c1ncc(Cl)cc1NS(=O)c1ccc(Cl)c(Cl)c1. The van der Waals surface area contributed by atoms with Crippen LogP contribution in [0.3, 0.4) is 0 Å². The van der Waals surface area contributed by atoms with Gasteiger partial charge < -0.3 is 4.74 Å². The van der Waals surface area contributed by atoms with Crippen LogP contribution in [0.2, 0.25) is 15.1 Å². The summed E-state index contributed by atoms with van der Waals surface area (Å²) in [6, 6.07) is 12.8. The first kappa shape index (κ1) is 20.6. The van der Waals surface area contributed by atoms with E-state index in [1.54, 1.807) is 30.3 Å². The number of hydrogen-bond donors (Lipinski definition) is 1. The summed E-state index contributed by atoms with van der Waals surface area (Å²) in [5, 5.41) is 0.896. The third-order valence-corrected chi connectivity index (χ3v) is 5.76. The summed E-state index contributed by atoms with van der Waals surface area (Å²) in [4.78, 5) is 17.5. The lowest BCUT2D eigenvalue weighted by atomic mass is 10.1. The molecular weight excluding hydrogens is 443 g/mol. The van der Waals surface area contributed by atoms with Gasteiger partial charge >= 0.3 is 0 Å². The molecule has 1 atom stereocenters. The van der Waals surface area contributed by atoms with Crippen molar-refractivity contribution in [1.82, 2.24) is 4.98 Å². The lowest BCUT2D eigenvalue weighted by Gasteiger charge is -2.12. The Labute approximate surface area is 179 Å². The Morgan fingerprint density at radius 1 is 1.07 bits per heavy atom. The second-order valence-electron chi connectivity index (χ2n) is 5.53. The number of nitrogens with zero attached hydrogens (tertiary/aromatic N) is 1. The molecule has 1 N–H and O–H groups in total. The minimum atomic E-state index is -1.73. The standard InChI is InChI=1S/C19H13Cl3N2O3S/c1-27-17-5-3-2-4-13(17)19(25)18-16(8-11(20)10-23-18)24-28(26)12-6-7-14(21)15(22)9-12/h2-10,24H,1H3. The van der Waals surface area contributed by atoms with Gasteiger partial charge in [-0.25, -0.2) is 9.19 Å². The van der Waals surface area contributed by atoms with E-state index in [-0.39, 0.29) is 21.4 Å². The minimum absolute atomic E-state index is 0.0577. The van der Waals surface area contributed by atoms with Gasteiger partial charge in [-0.1, -0.05) is 46.9 Å². The molecule has 0 aliphatic carbocycles. The monoisotopic (exact) mass is 454 g/mol. The Morgan fingerprint density at radius 3 is 2.54 bits per heavy atom. The van der Waals surface area contributed by atoms with Crippen molar-refractivity contribution >= 4 is 57.3 Å². The average Bonchev–Trinajstić information content (AvgIpc) is 2.69. The molecule has 5 nitrogen and oxygen atoms in total. The van der Waals surface area contributed by atoms with Gasteiger partial charge in [0.2, 0.25) is 5.78 Å². The number of benzene rings is 2. The summed E-state index contributed by atoms with van der Waals surface area (Å²) in [7, 11) is -0.255. The number of carbonyl (C=O) groups excluding carboxylic acids is 1. The highest BCUT2D eigenvalue weighted by Gasteiger charge is 2.21. The third-order valence-electron chi connectivity index (χ3n) is 3.73. The molecule has 0 aliphatic rings. The van der Waals surface area contributed by atoms with Crippen LogP contribution in [0.25, 0.3) is 0 Å². The van der Waals surface area contributed by atoms with E-state index in [0.29, 0.717) is 21.2 Å². The van der Waals surface area contributed by atoms with Gasteiger partial charge in [0.05, 0.1) is 38.3 Å². The molecule has 3 aromatic rings. The molecule has 0 radical (unpaired) electrons. The van der Waals surface area contributed by atoms with Crippen LogP contribution >= 0.6 is 34.8 Å². The zero-order valence-corrected chi connectivity index (χ0v) is 17.5. The van der Waals surface area contributed by atoms with Gasteiger partial charge in [-0.15, -0.1) is 0 Å². The van der Waals surface area contributed by atoms with Crippen LogP contribution in [-0.4, -0.2) is 22.1 Å². The molecule has 0 spiro atoms. The van der Waals surface area contributed by atoms with E-state index >= 15 is 0 Å². The fraction of sp³-hybridized carbons (Fsp3) is 0.0526. The molecule has 1 aromatic heterocycles. The van der Waals surface area contributed by atoms with Crippen LogP contribution in [0.4, 0.5) is 5.69 Å². The van der Waals surface area contributed by atoms with Crippen molar-refractivity contribution < 1.29 is 13.7 Å². The number of methoxy groups -OCH3 is 1. The van der Waals surface area contributed by atoms with E-state index < -0.39 is 16.8 Å². The van der Waals surface area contributed by atoms with Crippen molar-refractivity contribution in [3.05, 3.63) is 81.1 Å². The smallest absolute Gasteiger partial charge is 0.217 e. The van der Waals surface area contributed by atoms with E-state index in [9.17, 15) is 9.00 Å². The van der Waals surface area contributed by atoms with E-state index in [2.05, 4.69) is 9.71 Å². The molecular formula is C19H13Cl3N2O3S. The second kappa shape index (κ2) is 8.92. The molecule has 144 valence electrons. The quantitative estimate of drug-likeness (QED) is 0.504. The first-order valence-electron chi connectivity index (χ1n) is 7.87. The van der Waals surface area contributed by atoms with Crippen molar-refractivity contribution in [3.8, 4) is 5.75 Å². The van der Waals surface area contributed by atoms with Gasteiger partial charge in [-0.2, -0.15) is 0 Å². The van der Waals surface area contributed by atoms with E-state index in [1.807, 2.05) is 0 Å². The zero-order chi connectivity index (χ0) is 20.3. The first-order valence-corrected chi connectivity index (χ1v) is 10.2. The fourth-order valence-electron chi connectivity index (χ4n) is 2.41. The predicted octanol–water partition coefficient (Wildman–Crippen LogP) is 5.42. The summed E-state index contributed by atoms with van der Waals surface area (Å²) in [5.74, 6) is 0.00330. The molecule has 0 saturated carbocycles. The van der Waals surface area contributed by atoms with Gasteiger partial charge in [0, 0.05) is 6.20 Å². The number of anilines is 1. The summed E-state index contributed by atoms with van der Waals surface area (Å²) < 4.78 is 20.7. The summed E-state index contributed by atoms with van der Waals surface area (Å²) in [5.41, 5.74) is 0.596. The van der Waals surface area contributed by atoms with Crippen molar-refractivity contribution in [1.29, 1.82) is 0 Å². The predicted molar refractivity (Wildman–Crippen MR) is 112 cm³/mol. The molecule has 0 bridgehead atoms. The highest BCUT2D eigenvalue weighted by atomic mass is 35.5. The largest absolute Gasteiger partial charge is 0.496 e. The topological polar surface area (TPSA) is 68.3 Å². The van der Waals surface area contributed by atoms with Crippen molar-refractivity contribution in [2.75, 3.05) is 11.8 Å². The number of hydrogen-bond acceptors (Lipinski definition) is 4. The maximum atomic E-state index is 13.0. The molecule has 28 heavy (non-hydrogen) atoms. The van der Waals surface area contributed by atoms with Crippen molar-refractivity contribution in [2.24, 2.45) is 0 Å². The van der Waals surface area contributed by atoms with Crippen LogP contribution in [0.1, 0.15) is 16.1 Å². The first-order chi connectivity index (χ1) is 13.4. The molecule has 0 fully saturated rings. The molecule has 3 rings (SSSR count). The van der Waals surface area contributed by atoms with Crippen LogP contribution in [-0.2, 0) is 11.0 Å². The van der Waals surface area contributed by atoms with Crippen LogP contribution < -0.4 is 9.46 Å². The van der Waals surface area contributed by atoms with Crippen molar-refractivity contribution in [3.63, 3.8) is 0 Å². The van der Waals surface area contributed by atoms with Gasteiger partial charge in [0.25, 0.3) is 0 Å². The molecule has 2 aromatic carbocycles. The maximum absolute atomic E-state index is 13.0. The Morgan fingerprint density at radius 2 is 1.82 bits per heavy atom. The number of halogens is 3. The number of aromatic nitrogens is 1. The number of pyridine rings is 1. The van der Waals surface area contributed by atoms with E-state index in [0.717, 1.165) is 0 Å². The van der Waals surface area contributed by atoms with E-state index in [4.69, 9.17) is 39.5 Å². The fourth-order valence-corrected chi connectivity index (χ4v) is 3.82. The minimum Gasteiger partial charge on any atom is -0.496 e. The summed E-state index contributed by atoms with van der Waals surface area (Å²) in [6.45, 7) is 0.